The minimum Gasteiger partial charge on any atom is -0.369 e. The van der Waals surface area contributed by atoms with Crippen molar-refractivity contribution in [2.24, 2.45) is 11.7 Å². The molecule has 2 rings (SSSR count). The number of nitrogens with one attached hydrogen (secondary N) is 1. The summed E-state index contributed by atoms with van der Waals surface area (Å²) in [6.07, 6.45) is 0. The van der Waals surface area contributed by atoms with Gasteiger partial charge in [0.1, 0.15) is 11.6 Å². The highest BCUT2D eigenvalue weighted by Gasteiger charge is 2.32. The zero-order valence-electron chi connectivity index (χ0n) is 8.54. The quantitative estimate of drug-likeness (QED) is 0.782. The predicted molar refractivity (Wildman–Crippen MR) is 54.7 cm³/mol. The van der Waals surface area contributed by atoms with Crippen molar-refractivity contribution in [3.63, 3.8) is 0 Å². The Morgan fingerprint density at radius 3 is 2.44 bits per heavy atom. The predicted octanol–water partition coefficient (Wildman–Crippen LogP) is 0.753. The molecule has 2 atom stereocenters. The van der Waals surface area contributed by atoms with Crippen LogP contribution in [0, 0.1) is 17.6 Å². The van der Waals surface area contributed by atoms with Crippen molar-refractivity contribution in [3.8, 4) is 0 Å². The third-order valence-electron chi connectivity index (χ3n) is 2.89. The number of hydrogen-bond donors (Lipinski definition) is 2. The Balaban J connectivity index is 2.32. The van der Waals surface area contributed by atoms with Crippen LogP contribution in [-0.4, -0.2) is 19.0 Å². The van der Waals surface area contributed by atoms with E-state index in [1.165, 1.54) is 12.1 Å². The van der Waals surface area contributed by atoms with Gasteiger partial charge >= 0.3 is 0 Å². The van der Waals surface area contributed by atoms with E-state index in [9.17, 15) is 13.6 Å². The molecule has 1 aromatic carbocycles. The fraction of sp³-hybridized carbons (Fsp3) is 0.364. The maximum absolute atomic E-state index is 13.0. The minimum atomic E-state index is -0.634. The van der Waals surface area contributed by atoms with Crippen LogP contribution in [0.25, 0.3) is 0 Å². The Morgan fingerprint density at radius 2 is 1.88 bits per heavy atom. The van der Waals surface area contributed by atoms with Gasteiger partial charge in [0.15, 0.2) is 0 Å². The lowest BCUT2D eigenvalue weighted by Crippen LogP contribution is -2.28. The normalized spacial score (nSPS) is 24.6. The smallest absolute Gasteiger partial charge is 0.222 e. The van der Waals surface area contributed by atoms with Crippen LogP contribution in [0.4, 0.5) is 8.78 Å². The van der Waals surface area contributed by atoms with Crippen LogP contribution in [-0.2, 0) is 4.79 Å². The molecule has 1 heterocycles. The highest BCUT2D eigenvalue weighted by molar-refractivity contribution is 5.78. The van der Waals surface area contributed by atoms with Gasteiger partial charge in [-0.15, -0.1) is 0 Å². The van der Waals surface area contributed by atoms with Gasteiger partial charge in [0, 0.05) is 25.1 Å². The standard InChI is InChI=1S/C11H12F2N2O/c12-7-1-6(2-8(13)3-7)9-4-15-5-10(9)11(14)16/h1-3,9-10,15H,4-5H2,(H2,14,16). The summed E-state index contributed by atoms with van der Waals surface area (Å²) < 4.78 is 26.1. The summed E-state index contributed by atoms with van der Waals surface area (Å²) in [4.78, 5) is 11.1. The minimum absolute atomic E-state index is 0.248. The summed E-state index contributed by atoms with van der Waals surface area (Å²) in [5, 5.41) is 3.00. The van der Waals surface area contributed by atoms with Gasteiger partial charge in [0.2, 0.25) is 5.91 Å². The first-order valence-corrected chi connectivity index (χ1v) is 5.04. The number of amides is 1. The monoisotopic (exact) mass is 226 g/mol. The molecule has 0 aliphatic carbocycles. The first-order valence-electron chi connectivity index (χ1n) is 5.04. The van der Waals surface area contributed by atoms with E-state index < -0.39 is 23.5 Å². The Morgan fingerprint density at radius 1 is 1.25 bits per heavy atom. The van der Waals surface area contributed by atoms with Crippen molar-refractivity contribution in [1.29, 1.82) is 0 Å². The number of benzene rings is 1. The summed E-state index contributed by atoms with van der Waals surface area (Å²) >= 11 is 0. The molecule has 5 heteroatoms. The molecule has 3 nitrogen and oxygen atoms in total. The molecule has 1 aromatic rings. The summed E-state index contributed by atoms with van der Waals surface area (Å²) in [5.41, 5.74) is 5.71. The molecule has 0 aromatic heterocycles. The fourth-order valence-electron chi connectivity index (χ4n) is 2.12. The van der Waals surface area contributed by atoms with E-state index in [0.29, 0.717) is 18.7 Å². The summed E-state index contributed by atoms with van der Waals surface area (Å²) in [6, 6.07) is 3.30. The second-order valence-electron chi connectivity index (χ2n) is 3.98. The van der Waals surface area contributed by atoms with Crippen molar-refractivity contribution in [2.45, 2.75) is 5.92 Å². The van der Waals surface area contributed by atoms with Gasteiger partial charge in [-0.3, -0.25) is 4.79 Å². The molecule has 2 unspecified atom stereocenters. The Kier molecular flexibility index (Phi) is 2.87. The molecule has 0 saturated carbocycles. The van der Waals surface area contributed by atoms with Crippen molar-refractivity contribution in [1.82, 2.24) is 5.32 Å². The van der Waals surface area contributed by atoms with E-state index in [1.807, 2.05) is 0 Å². The lowest BCUT2D eigenvalue weighted by Gasteiger charge is -2.15. The van der Waals surface area contributed by atoms with Gasteiger partial charge in [-0.2, -0.15) is 0 Å². The van der Waals surface area contributed by atoms with E-state index >= 15 is 0 Å². The van der Waals surface area contributed by atoms with Gasteiger partial charge in [0.05, 0.1) is 5.92 Å². The molecule has 1 aliphatic heterocycles. The second-order valence-corrected chi connectivity index (χ2v) is 3.98. The van der Waals surface area contributed by atoms with Crippen molar-refractivity contribution in [2.75, 3.05) is 13.1 Å². The molecule has 1 saturated heterocycles. The zero-order chi connectivity index (χ0) is 11.7. The van der Waals surface area contributed by atoms with E-state index in [0.717, 1.165) is 6.07 Å². The zero-order valence-corrected chi connectivity index (χ0v) is 8.54. The number of carbonyl (C=O) groups is 1. The number of carbonyl (C=O) groups excluding carboxylic acids is 1. The topological polar surface area (TPSA) is 55.1 Å². The van der Waals surface area contributed by atoms with Crippen molar-refractivity contribution >= 4 is 5.91 Å². The Labute approximate surface area is 91.6 Å². The largest absolute Gasteiger partial charge is 0.369 e. The Hall–Kier alpha value is -1.49. The number of nitrogens with two attached hydrogens (primary N) is 1. The molecule has 3 N–H and O–H groups in total. The molecule has 16 heavy (non-hydrogen) atoms. The van der Waals surface area contributed by atoms with Crippen molar-refractivity contribution < 1.29 is 13.6 Å². The molecule has 0 spiro atoms. The highest BCUT2D eigenvalue weighted by Crippen LogP contribution is 2.28. The van der Waals surface area contributed by atoms with E-state index in [2.05, 4.69) is 5.32 Å². The van der Waals surface area contributed by atoms with Crippen LogP contribution in [0.1, 0.15) is 11.5 Å². The molecule has 1 amide bonds. The summed E-state index contributed by atoms with van der Waals surface area (Å²) in [7, 11) is 0. The highest BCUT2D eigenvalue weighted by atomic mass is 19.1. The number of hydrogen-bond acceptors (Lipinski definition) is 2. The Bertz CT molecular complexity index is 402. The average Bonchev–Trinajstić information content (AvgIpc) is 2.63. The van der Waals surface area contributed by atoms with Crippen LogP contribution in [0.15, 0.2) is 18.2 Å². The van der Waals surface area contributed by atoms with Crippen LogP contribution >= 0.6 is 0 Å². The fourth-order valence-corrected chi connectivity index (χ4v) is 2.12. The van der Waals surface area contributed by atoms with Gasteiger partial charge in [0.25, 0.3) is 0 Å². The van der Waals surface area contributed by atoms with E-state index in [4.69, 9.17) is 5.73 Å². The lowest BCUT2D eigenvalue weighted by atomic mass is 9.88. The summed E-state index contributed by atoms with van der Waals surface area (Å²) in [6.45, 7) is 0.967. The number of halogens is 2. The molecular weight excluding hydrogens is 214 g/mol. The average molecular weight is 226 g/mol. The van der Waals surface area contributed by atoms with Gasteiger partial charge in [-0.1, -0.05) is 0 Å². The number of primary amides is 1. The number of rotatable bonds is 2. The van der Waals surface area contributed by atoms with Crippen LogP contribution < -0.4 is 11.1 Å². The maximum atomic E-state index is 13.0. The molecule has 1 aliphatic rings. The molecule has 86 valence electrons. The lowest BCUT2D eigenvalue weighted by molar-refractivity contribution is -0.121. The first-order chi connectivity index (χ1) is 7.58. The SMILES string of the molecule is NC(=O)C1CNCC1c1cc(F)cc(F)c1. The summed E-state index contributed by atoms with van der Waals surface area (Å²) in [5.74, 6) is -2.36. The van der Waals surface area contributed by atoms with Crippen LogP contribution in [0.5, 0.6) is 0 Å². The van der Waals surface area contributed by atoms with Crippen LogP contribution in [0.3, 0.4) is 0 Å². The van der Waals surface area contributed by atoms with E-state index in [-0.39, 0.29) is 5.92 Å². The molecule has 0 bridgehead atoms. The molecular formula is C11H12F2N2O. The molecule has 1 fully saturated rings. The van der Waals surface area contributed by atoms with E-state index in [1.54, 1.807) is 0 Å². The maximum Gasteiger partial charge on any atom is 0.222 e. The second kappa shape index (κ2) is 4.17. The third-order valence-corrected chi connectivity index (χ3v) is 2.89. The van der Waals surface area contributed by atoms with Crippen LogP contribution in [0.2, 0.25) is 0 Å². The van der Waals surface area contributed by atoms with Gasteiger partial charge in [-0.25, -0.2) is 8.78 Å². The molecule has 0 radical (unpaired) electrons. The third kappa shape index (κ3) is 2.04. The van der Waals surface area contributed by atoms with Crippen molar-refractivity contribution in [3.05, 3.63) is 35.4 Å². The van der Waals surface area contributed by atoms with Gasteiger partial charge < -0.3 is 11.1 Å². The first kappa shape index (κ1) is 11.0. The van der Waals surface area contributed by atoms with Gasteiger partial charge in [-0.05, 0) is 17.7 Å².